The van der Waals surface area contributed by atoms with E-state index in [-0.39, 0.29) is 0 Å². The molecular formula is C18H17N3S2. The summed E-state index contributed by atoms with van der Waals surface area (Å²) in [4.78, 5) is 10.5. The monoisotopic (exact) mass is 339 g/mol. The molecule has 23 heavy (non-hydrogen) atoms. The Hall–Kier alpha value is -1.85. The summed E-state index contributed by atoms with van der Waals surface area (Å²) in [6, 6.07) is 12.9. The van der Waals surface area contributed by atoms with Gasteiger partial charge >= 0.3 is 0 Å². The second kappa shape index (κ2) is 6.34. The number of hydrogen-bond acceptors (Lipinski definition) is 4. The fourth-order valence-corrected chi connectivity index (χ4v) is 4.80. The Morgan fingerprint density at radius 3 is 2.96 bits per heavy atom. The molecule has 0 aliphatic heterocycles. The minimum absolute atomic E-state index is 0.937. The van der Waals surface area contributed by atoms with Crippen molar-refractivity contribution in [2.75, 3.05) is 0 Å². The second-order valence-electron chi connectivity index (χ2n) is 5.46. The molecule has 0 saturated carbocycles. The van der Waals surface area contributed by atoms with Crippen molar-refractivity contribution in [1.29, 1.82) is 0 Å². The lowest BCUT2D eigenvalue weighted by molar-refractivity contribution is 0.697. The van der Waals surface area contributed by atoms with E-state index < -0.39 is 0 Å². The lowest BCUT2D eigenvalue weighted by Crippen LogP contribution is -1.94. The van der Waals surface area contributed by atoms with Crippen LogP contribution in [0.4, 0.5) is 0 Å². The first-order chi connectivity index (χ1) is 11.3. The zero-order chi connectivity index (χ0) is 15.6. The largest absolute Gasteiger partial charge is 0.330 e. The third-order valence-corrected chi connectivity index (χ3v) is 6.12. The molecule has 0 saturated heterocycles. The normalized spacial score (nSPS) is 11.5. The molecule has 0 unspecified atom stereocenters. The number of pyridine rings is 1. The van der Waals surface area contributed by atoms with Gasteiger partial charge in [0.2, 0.25) is 0 Å². The van der Waals surface area contributed by atoms with Crippen molar-refractivity contribution >= 4 is 44.2 Å². The van der Waals surface area contributed by atoms with Crippen LogP contribution in [0.1, 0.15) is 18.2 Å². The fourth-order valence-electron chi connectivity index (χ4n) is 2.74. The highest BCUT2D eigenvalue weighted by atomic mass is 32.2. The Bertz CT molecular complexity index is 922. The van der Waals surface area contributed by atoms with Crippen LogP contribution in [-0.4, -0.2) is 14.5 Å². The zero-order valence-corrected chi connectivity index (χ0v) is 14.5. The molecule has 0 fully saturated rings. The number of hydrogen-bond donors (Lipinski definition) is 0. The van der Waals surface area contributed by atoms with Crippen molar-refractivity contribution in [3.8, 4) is 0 Å². The number of fused-ring (bicyclic) bond motifs is 2. The summed E-state index contributed by atoms with van der Waals surface area (Å²) < 4.78 is 3.56. The van der Waals surface area contributed by atoms with E-state index in [4.69, 9.17) is 0 Å². The molecule has 3 heterocycles. The van der Waals surface area contributed by atoms with Crippen LogP contribution in [0.3, 0.4) is 0 Å². The van der Waals surface area contributed by atoms with Crippen molar-refractivity contribution in [3.63, 3.8) is 0 Å². The van der Waals surface area contributed by atoms with Crippen molar-refractivity contribution < 1.29 is 0 Å². The topological polar surface area (TPSA) is 30.7 Å². The number of benzene rings is 1. The van der Waals surface area contributed by atoms with Crippen LogP contribution in [0.25, 0.3) is 21.1 Å². The molecule has 0 aliphatic carbocycles. The molecule has 4 aromatic rings. The van der Waals surface area contributed by atoms with E-state index in [2.05, 4.69) is 57.9 Å². The van der Waals surface area contributed by atoms with Crippen LogP contribution in [-0.2, 0) is 12.3 Å². The highest BCUT2D eigenvalue weighted by molar-refractivity contribution is 7.98. The molecule has 5 heteroatoms. The summed E-state index contributed by atoms with van der Waals surface area (Å²) in [5, 5.41) is 2.35. The first kappa shape index (κ1) is 14.7. The van der Waals surface area contributed by atoms with E-state index in [0.717, 1.165) is 29.3 Å². The maximum absolute atomic E-state index is 4.58. The van der Waals surface area contributed by atoms with Gasteiger partial charge in [0.05, 0.1) is 11.8 Å². The average Bonchev–Trinajstić information content (AvgIpc) is 3.17. The smallest absolute Gasteiger partial charge is 0.124 e. The van der Waals surface area contributed by atoms with Crippen molar-refractivity contribution in [3.05, 3.63) is 53.8 Å². The predicted molar refractivity (Wildman–Crippen MR) is 99.2 cm³/mol. The summed E-state index contributed by atoms with van der Waals surface area (Å²) in [6.07, 6.45) is 4.93. The first-order valence-electron chi connectivity index (χ1n) is 7.75. The maximum atomic E-state index is 4.58. The molecule has 0 amide bonds. The van der Waals surface area contributed by atoms with Crippen molar-refractivity contribution in [2.45, 2.75) is 30.7 Å². The van der Waals surface area contributed by atoms with E-state index in [9.17, 15) is 0 Å². The highest BCUT2D eigenvalue weighted by Crippen LogP contribution is 2.32. The molecule has 0 aliphatic rings. The van der Waals surface area contributed by atoms with Crippen LogP contribution >= 0.6 is 23.1 Å². The van der Waals surface area contributed by atoms with Gasteiger partial charge in [-0.15, -0.1) is 11.3 Å². The number of aromatic nitrogens is 3. The van der Waals surface area contributed by atoms with Gasteiger partial charge in [0, 0.05) is 28.1 Å². The molecule has 4 rings (SSSR count). The van der Waals surface area contributed by atoms with E-state index in [1.807, 2.05) is 23.9 Å². The van der Waals surface area contributed by atoms with Crippen LogP contribution in [0.2, 0.25) is 0 Å². The van der Waals surface area contributed by atoms with Gasteiger partial charge in [-0.25, -0.2) is 9.97 Å². The lowest BCUT2D eigenvalue weighted by Gasteiger charge is -2.03. The van der Waals surface area contributed by atoms with E-state index in [0.29, 0.717) is 0 Å². The fraction of sp³-hybridized carbons (Fsp3) is 0.222. The van der Waals surface area contributed by atoms with E-state index in [1.54, 1.807) is 11.8 Å². The van der Waals surface area contributed by atoms with Gasteiger partial charge in [-0.1, -0.05) is 36.9 Å². The van der Waals surface area contributed by atoms with Gasteiger partial charge in [-0.05, 0) is 30.0 Å². The number of nitrogens with zero attached hydrogens (tertiary/aromatic N) is 3. The molecule has 0 spiro atoms. The van der Waals surface area contributed by atoms with Gasteiger partial charge in [0.1, 0.15) is 10.5 Å². The Kier molecular flexibility index (Phi) is 4.06. The molecule has 0 bridgehead atoms. The van der Waals surface area contributed by atoms with E-state index in [1.165, 1.54) is 20.5 Å². The first-order valence-corrected chi connectivity index (χ1v) is 9.55. The van der Waals surface area contributed by atoms with E-state index >= 15 is 0 Å². The van der Waals surface area contributed by atoms with Gasteiger partial charge < -0.3 is 4.57 Å². The van der Waals surface area contributed by atoms with Crippen LogP contribution < -0.4 is 0 Å². The predicted octanol–water partition coefficient (Wildman–Crippen LogP) is 5.35. The van der Waals surface area contributed by atoms with Crippen LogP contribution in [0.5, 0.6) is 0 Å². The zero-order valence-electron chi connectivity index (χ0n) is 12.9. The SMILES string of the molecule is CCCn1cnc2c(SCc3cc4ccccc4s3)nccc21. The Morgan fingerprint density at radius 1 is 1.17 bits per heavy atom. The molecule has 1 aromatic carbocycles. The minimum Gasteiger partial charge on any atom is -0.330 e. The van der Waals surface area contributed by atoms with Crippen LogP contribution in [0, 0.1) is 0 Å². The quantitative estimate of drug-likeness (QED) is 0.459. The van der Waals surface area contributed by atoms with Gasteiger partial charge in [0.25, 0.3) is 0 Å². The third-order valence-electron chi connectivity index (χ3n) is 3.80. The summed E-state index contributed by atoms with van der Waals surface area (Å²) in [7, 11) is 0. The molecule has 0 atom stereocenters. The number of rotatable bonds is 5. The standard InChI is InChI=1S/C18H17N3S2/c1-2-9-21-12-20-17-15(21)7-8-19-18(17)22-11-14-10-13-5-3-4-6-16(13)23-14/h3-8,10,12H,2,9,11H2,1H3. The Balaban J connectivity index is 1.60. The minimum atomic E-state index is 0.937. The number of thiophene rings is 1. The Labute approximate surface area is 143 Å². The highest BCUT2D eigenvalue weighted by Gasteiger charge is 2.10. The second-order valence-corrected chi connectivity index (χ2v) is 7.59. The number of imidazole rings is 1. The molecule has 116 valence electrons. The Morgan fingerprint density at radius 2 is 2.09 bits per heavy atom. The molecule has 3 nitrogen and oxygen atoms in total. The lowest BCUT2D eigenvalue weighted by atomic mass is 10.2. The third kappa shape index (κ3) is 2.86. The maximum Gasteiger partial charge on any atom is 0.124 e. The number of aryl methyl sites for hydroxylation is 1. The van der Waals surface area contributed by atoms with Crippen LogP contribution in [0.15, 0.2) is 53.9 Å². The summed E-state index contributed by atoms with van der Waals surface area (Å²) in [5.41, 5.74) is 2.20. The average molecular weight is 339 g/mol. The molecule has 0 N–H and O–H groups in total. The van der Waals surface area contributed by atoms with Gasteiger partial charge in [-0.2, -0.15) is 0 Å². The van der Waals surface area contributed by atoms with Crippen molar-refractivity contribution in [1.82, 2.24) is 14.5 Å². The molecule has 0 radical (unpaired) electrons. The molecular weight excluding hydrogens is 322 g/mol. The molecule has 3 aromatic heterocycles. The summed E-state index contributed by atoms with van der Waals surface area (Å²) in [6.45, 7) is 3.19. The van der Waals surface area contributed by atoms with Crippen molar-refractivity contribution in [2.24, 2.45) is 0 Å². The summed E-state index contributed by atoms with van der Waals surface area (Å²) in [5.74, 6) is 0.937. The summed E-state index contributed by atoms with van der Waals surface area (Å²) >= 11 is 3.63. The number of thioether (sulfide) groups is 1. The van der Waals surface area contributed by atoms with Gasteiger partial charge in [0.15, 0.2) is 0 Å². The van der Waals surface area contributed by atoms with Gasteiger partial charge in [-0.3, -0.25) is 0 Å².